The number of carbonyl (C=O) groups is 1. The maximum absolute atomic E-state index is 11.7. The van der Waals surface area contributed by atoms with Crippen LogP contribution in [0.5, 0.6) is 0 Å². The van der Waals surface area contributed by atoms with Crippen LogP contribution in [-0.2, 0) is 16.1 Å². The topological polar surface area (TPSA) is 69.0 Å². The van der Waals surface area contributed by atoms with Gasteiger partial charge in [-0.2, -0.15) is 0 Å². The van der Waals surface area contributed by atoms with Crippen molar-refractivity contribution in [2.24, 2.45) is 5.92 Å². The second-order valence-corrected chi connectivity index (χ2v) is 5.54. The molecule has 6 heteroatoms. The van der Waals surface area contributed by atoms with Crippen molar-refractivity contribution in [1.29, 1.82) is 0 Å². The van der Waals surface area contributed by atoms with Crippen LogP contribution in [0.2, 0.25) is 0 Å². The molecule has 0 aromatic carbocycles. The molecule has 0 amide bonds. The third-order valence-electron chi connectivity index (χ3n) is 4.17. The monoisotopic (exact) mass is 300 g/mol. The molecular weight excluding hydrogens is 280 g/mol. The van der Waals surface area contributed by atoms with Crippen molar-refractivity contribution in [3.8, 4) is 5.82 Å². The number of pyridine rings is 1. The number of carbonyl (C=O) groups excluding carboxylic acids is 1. The maximum atomic E-state index is 11.7. The number of methoxy groups -OCH3 is 1. The largest absolute Gasteiger partial charge is 0.469 e. The smallest absolute Gasteiger partial charge is 0.310 e. The van der Waals surface area contributed by atoms with E-state index in [0.717, 1.165) is 30.6 Å². The molecule has 1 aliphatic rings. The lowest BCUT2D eigenvalue weighted by atomic mass is 10.0. The first kappa shape index (κ1) is 14.7. The molecule has 0 bridgehead atoms. The summed E-state index contributed by atoms with van der Waals surface area (Å²) < 4.78 is 6.74. The van der Waals surface area contributed by atoms with Crippen LogP contribution in [0.1, 0.15) is 24.8 Å². The van der Waals surface area contributed by atoms with Gasteiger partial charge in [0.2, 0.25) is 0 Å². The summed E-state index contributed by atoms with van der Waals surface area (Å²) in [6.45, 7) is 0.704. The van der Waals surface area contributed by atoms with E-state index in [1.807, 2.05) is 29.1 Å². The van der Waals surface area contributed by atoms with E-state index in [1.54, 1.807) is 12.5 Å². The van der Waals surface area contributed by atoms with E-state index in [9.17, 15) is 4.79 Å². The summed E-state index contributed by atoms with van der Waals surface area (Å²) in [6, 6.07) is 4.20. The lowest BCUT2D eigenvalue weighted by Gasteiger charge is -2.19. The summed E-state index contributed by atoms with van der Waals surface area (Å²) in [5.41, 5.74) is 1.10. The zero-order chi connectivity index (χ0) is 15.4. The lowest BCUT2D eigenvalue weighted by Crippen LogP contribution is -2.36. The van der Waals surface area contributed by atoms with E-state index in [-0.39, 0.29) is 17.9 Å². The zero-order valence-corrected chi connectivity index (χ0v) is 12.6. The first-order valence-corrected chi connectivity index (χ1v) is 7.52. The van der Waals surface area contributed by atoms with Crippen LogP contribution >= 0.6 is 0 Å². The maximum Gasteiger partial charge on any atom is 0.310 e. The van der Waals surface area contributed by atoms with E-state index in [2.05, 4.69) is 15.3 Å². The van der Waals surface area contributed by atoms with Crippen molar-refractivity contribution in [3.63, 3.8) is 0 Å². The number of hydrogen-bond acceptors (Lipinski definition) is 5. The fraction of sp³-hybridized carbons (Fsp3) is 0.438. The van der Waals surface area contributed by atoms with E-state index < -0.39 is 0 Å². The number of imidazole rings is 1. The van der Waals surface area contributed by atoms with Gasteiger partial charge in [-0.1, -0.05) is 12.5 Å². The third kappa shape index (κ3) is 3.17. The zero-order valence-electron chi connectivity index (χ0n) is 12.6. The first-order valence-electron chi connectivity index (χ1n) is 7.52. The fourth-order valence-corrected chi connectivity index (χ4v) is 2.96. The number of ether oxygens (including phenoxy) is 1. The van der Waals surface area contributed by atoms with Gasteiger partial charge >= 0.3 is 5.97 Å². The molecule has 1 fully saturated rings. The van der Waals surface area contributed by atoms with Gasteiger partial charge in [0.05, 0.1) is 13.0 Å². The van der Waals surface area contributed by atoms with E-state index in [1.165, 1.54) is 7.11 Å². The number of rotatable bonds is 5. The van der Waals surface area contributed by atoms with Gasteiger partial charge in [0.15, 0.2) is 0 Å². The van der Waals surface area contributed by atoms with Crippen LogP contribution in [0.15, 0.2) is 37.1 Å². The van der Waals surface area contributed by atoms with Crippen LogP contribution in [-0.4, -0.2) is 33.7 Å². The van der Waals surface area contributed by atoms with Crippen LogP contribution < -0.4 is 5.32 Å². The number of hydrogen-bond donors (Lipinski definition) is 1. The molecule has 6 nitrogen and oxygen atoms in total. The number of nitrogens with zero attached hydrogens (tertiary/aromatic N) is 3. The average molecular weight is 300 g/mol. The van der Waals surface area contributed by atoms with E-state index >= 15 is 0 Å². The summed E-state index contributed by atoms with van der Waals surface area (Å²) in [6.07, 6.45) is 10.1. The van der Waals surface area contributed by atoms with Gasteiger partial charge in [0.25, 0.3) is 0 Å². The summed E-state index contributed by atoms with van der Waals surface area (Å²) in [5.74, 6) is 0.710. The number of aromatic nitrogens is 3. The molecule has 0 radical (unpaired) electrons. The number of nitrogens with one attached hydrogen (secondary N) is 1. The predicted molar refractivity (Wildman–Crippen MR) is 81.3 cm³/mol. The third-order valence-corrected chi connectivity index (χ3v) is 4.17. The van der Waals surface area contributed by atoms with Gasteiger partial charge in [-0.25, -0.2) is 9.97 Å². The summed E-state index contributed by atoms with van der Waals surface area (Å²) >= 11 is 0. The molecule has 116 valence electrons. The van der Waals surface area contributed by atoms with Gasteiger partial charge in [-0.3, -0.25) is 9.36 Å². The molecule has 22 heavy (non-hydrogen) atoms. The predicted octanol–water partition coefficient (Wildman–Crippen LogP) is 1.70. The first-order chi connectivity index (χ1) is 10.8. The molecule has 0 spiro atoms. The van der Waals surface area contributed by atoms with Crippen LogP contribution in [0.3, 0.4) is 0 Å². The second kappa shape index (κ2) is 6.70. The Labute approximate surface area is 129 Å². The minimum Gasteiger partial charge on any atom is -0.469 e. The molecular formula is C16H20N4O2. The van der Waals surface area contributed by atoms with Crippen molar-refractivity contribution in [3.05, 3.63) is 42.6 Å². The Morgan fingerprint density at radius 2 is 2.36 bits per heavy atom. The molecule has 1 aliphatic carbocycles. The van der Waals surface area contributed by atoms with Crippen LogP contribution in [0.4, 0.5) is 0 Å². The highest BCUT2D eigenvalue weighted by Crippen LogP contribution is 2.26. The summed E-state index contributed by atoms with van der Waals surface area (Å²) in [7, 11) is 1.45. The standard InChI is InChI=1S/C16H20N4O2/c1-22-16(21)13-3-2-4-14(13)18-9-12-5-6-15(19-10-12)20-8-7-17-11-20/h5-8,10-11,13-14,18H,2-4,9H2,1H3. The van der Waals surface area contributed by atoms with Crippen LogP contribution in [0, 0.1) is 5.92 Å². The molecule has 1 N–H and O–H groups in total. The highest BCUT2D eigenvalue weighted by molar-refractivity contribution is 5.73. The van der Waals surface area contributed by atoms with Crippen molar-refractivity contribution < 1.29 is 9.53 Å². The van der Waals surface area contributed by atoms with E-state index in [4.69, 9.17) is 4.74 Å². The molecule has 2 aromatic heterocycles. The molecule has 2 atom stereocenters. The summed E-state index contributed by atoms with van der Waals surface area (Å²) in [4.78, 5) is 20.2. The molecule has 0 aliphatic heterocycles. The SMILES string of the molecule is COC(=O)C1CCCC1NCc1ccc(-n2ccnc2)nc1. The van der Waals surface area contributed by atoms with Crippen molar-refractivity contribution in [2.75, 3.05) is 7.11 Å². The quantitative estimate of drug-likeness (QED) is 0.851. The Bertz CT molecular complexity index is 610. The number of esters is 1. The van der Waals surface area contributed by atoms with E-state index in [0.29, 0.717) is 6.54 Å². The Hall–Kier alpha value is -2.21. The average Bonchev–Trinajstić information content (AvgIpc) is 3.24. The van der Waals surface area contributed by atoms with Crippen molar-refractivity contribution >= 4 is 5.97 Å². The fourth-order valence-electron chi connectivity index (χ4n) is 2.96. The van der Waals surface area contributed by atoms with Gasteiger partial charge in [-0.15, -0.1) is 0 Å². The Balaban J connectivity index is 1.58. The second-order valence-electron chi connectivity index (χ2n) is 5.54. The normalized spacial score (nSPS) is 21.0. The van der Waals surface area contributed by atoms with Gasteiger partial charge in [-0.05, 0) is 24.5 Å². The molecule has 1 saturated carbocycles. The lowest BCUT2D eigenvalue weighted by molar-refractivity contribution is -0.145. The molecule has 2 unspecified atom stereocenters. The Morgan fingerprint density at radius 3 is 3.05 bits per heavy atom. The molecule has 2 heterocycles. The van der Waals surface area contributed by atoms with Gasteiger partial charge in [0.1, 0.15) is 12.1 Å². The highest BCUT2D eigenvalue weighted by Gasteiger charge is 2.33. The minimum absolute atomic E-state index is 0.0248. The van der Waals surface area contributed by atoms with Gasteiger partial charge < -0.3 is 10.1 Å². The summed E-state index contributed by atoms with van der Waals surface area (Å²) in [5, 5.41) is 3.46. The molecule has 2 aromatic rings. The van der Waals surface area contributed by atoms with Crippen LogP contribution in [0.25, 0.3) is 5.82 Å². The highest BCUT2D eigenvalue weighted by atomic mass is 16.5. The molecule has 0 saturated heterocycles. The van der Waals surface area contributed by atoms with Gasteiger partial charge in [0, 0.05) is 31.2 Å². The molecule has 3 rings (SSSR count). The Morgan fingerprint density at radius 1 is 1.45 bits per heavy atom. The Kier molecular flexibility index (Phi) is 4.48. The van der Waals surface area contributed by atoms with Crippen molar-refractivity contribution in [2.45, 2.75) is 31.8 Å². The minimum atomic E-state index is -0.108. The van der Waals surface area contributed by atoms with Crippen molar-refractivity contribution in [1.82, 2.24) is 19.9 Å².